The lowest BCUT2D eigenvalue weighted by Crippen LogP contribution is -2.33. The van der Waals surface area contributed by atoms with Gasteiger partial charge in [0, 0.05) is 35.9 Å². The van der Waals surface area contributed by atoms with Crippen molar-refractivity contribution in [1.82, 2.24) is 4.98 Å². The van der Waals surface area contributed by atoms with Gasteiger partial charge in [0.1, 0.15) is 24.3 Å². The topological polar surface area (TPSA) is 54.5 Å². The molecule has 0 spiro atoms. The van der Waals surface area contributed by atoms with Gasteiger partial charge in [0.05, 0.1) is 6.54 Å². The number of aldehydes is 1. The molecule has 1 aliphatic heterocycles. The van der Waals surface area contributed by atoms with Gasteiger partial charge in [-0.15, -0.1) is 0 Å². The highest BCUT2D eigenvalue weighted by Gasteiger charge is 2.22. The lowest BCUT2D eigenvalue weighted by Gasteiger charge is -2.32. The van der Waals surface area contributed by atoms with Crippen molar-refractivity contribution in [3.63, 3.8) is 0 Å². The average molecular weight is 394 g/mol. The fourth-order valence-electron chi connectivity index (χ4n) is 3.28. The van der Waals surface area contributed by atoms with E-state index in [1.54, 1.807) is 6.20 Å². The molecule has 2 aromatic carbocycles. The molecule has 6 heteroatoms. The van der Waals surface area contributed by atoms with Crippen LogP contribution < -0.4 is 15.0 Å². The van der Waals surface area contributed by atoms with Crippen molar-refractivity contribution in [2.24, 2.45) is 0 Å². The Hall–Kier alpha value is -3.05. The predicted molar refractivity (Wildman–Crippen MR) is 111 cm³/mol. The number of carbonyl (C=O) groups is 1. The lowest BCUT2D eigenvalue weighted by atomic mass is 10.1. The van der Waals surface area contributed by atoms with Crippen LogP contribution in [0.4, 0.5) is 11.5 Å². The van der Waals surface area contributed by atoms with Crippen molar-refractivity contribution in [3.8, 4) is 5.75 Å². The molecule has 142 valence electrons. The highest BCUT2D eigenvalue weighted by atomic mass is 35.5. The molecule has 0 fully saturated rings. The standard InChI is InChI=1S/C22H20ClN3O2/c23-19-3-1-2-18(12-19)14-26-10-11-28-20-8-9-24-22(21(20)26)25-13-16-4-6-17(15-27)7-5-16/h1-9,12,15H,10-11,13-14H2,(H,24,25). The van der Waals surface area contributed by atoms with Crippen molar-refractivity contribution < 1.29 is 9.53 Å². The highest BCUT2D eigenvalue weighted by molar-refractivity contribution is 6.30. The van der Waals surface area contributed by atoms with Gasteiger partial charge in [-0.05, 0) is 23.3 Å². The van der Waals surface area contributed by atoms with Crippen LogP contribution in [-0.2, 0) is 13.1 Å². The van der Waals surface area contributed by atoms with Crippen LogP contribution >= 0.6 is 11.6 Å². The lowest BCUT2D eigenvalue weighted by molar-refractivity contribution is 0.112. The maximum absolute atomic E-state index is 10.8. The number of fused-ring (bicyclic) bond motifs is 1. The smallest absolute Gasteiger partial charge is 0.153 e. The molecule has 0 bridgehead atoms. The predicted octanol–water partition coefficient (Wildman–Crippen LogP) is 4.56. The van der Waals surface area contributed by atoms with Gasteiger partial charge in [0.15, 0.2) is 5.82 Å². The van der Waals surface area contributed by atoms with E-state index in [-0.39, 0.29) is 0 Å². The second-order valence-corrected chi connectivity index (χ2v) is 7.06. The Morgan fingerprint density at radius 2 is 2.00 bits per heavy atom. The molecule has 1 aliphatic rings. The second-order valence-electron chi connectivity index (χ2n) is 6.62. The van der Waals surface area contributed by atoms with E-state index in [0.717, 1.165) is 52.8 Å². The van der Waals surface area contributed by atoms with Gasteiger partial charge < -0.3 is 15.0 Å². The molecule has 0 unspecified atom stereocenters. The number of anilines is 2. The molecule has 0 aliphatic carbocycles. The van der Waals surface area contributed by atoms with Gasteiger partial charge in [-0.3, -0.25) is 4.79 Å². The summed E-state index contributed by atoms with van der Waals surface area (Å²) in [6, 6.07) is 17.3. The zero-order valence-corrected chi connectivity index (χ0v) is 16.0. The molecular weight excluding hydrogens is 374 g/mol. The molecule has 1 aromatic heterocycles. The van der Waals surface area contributed by atoms with Crippen LogP contribution in [0.5, 0.6) is 5.75 Å². The molecule has 0 amide bonds. The largest absolute Gasteiger partial charge is 0.489 e. The number of nitrogens with one attached hydrogen (secondary N) is 1. The number of ether oxygens (including phenoxy) is 1. The first-order valence-electron chi connectivity index (χ1n) is 9.12. The van der Waals surface area contributed by atoms with Gasteiger partial charge in [-0.2, -0.15) is 0 Å². The van der Waals surface area contributed by atoms with Crippen LogP contribution in [-0.4, -0.2) is 24.4 Å². The van der Waals surface area contributed by atoms with E-state index in [0.29, 0.717) is 18.7 Å². The first-order chi connectivity index (χ1) is 13.7. The average Bonchev–Trinajstić information content (AvgIpc) is 2.73. The van der Waals surface area contributed by atoms with Crippen LogP contribution in [0.15, 0.2) is 60.8 Å². The summed E-state index contributed by atoms with van der Waals surface area (Å²) in [5.74, 6) is 1.60. The summed E-state index contributed by atoms with van der Waals surface area (Å²) in [7, 11) is 0. The number of rotatable bonds is 6. The Bertz CT molecular complexity index is 976. The number of carbonyl (C=O) groups excluding carboxylic acids is 1. The van der Waals surface area contributed by atoms with Crippen LogP contribution in [0, 0.1) is 0 Å². The van der Waals surface area contributed by atoms with Gasteiger partial charge in [-0.1, -0.05) is 48.0 Å². The molecule has 28 heavy (non-hydrogen) atoms. The third kappa shape index (κ3) is 4.10. The minimum Gasteiger partial charge on any atom is -0.489 e. The molecule has 0 radical (unpaired) electrons. The molecule has 1 N–H and O–H groups in total. The van der Waals surface area contributed by atoms with E-state index in [2.05, 4.69) is 21.3 Å². The number of aromatic nitrogens is 1. The molecule has 2 heterocycles. The molecular formula is C22H20ClN3O2. The maximum Gasteiger partial charge on any atom is 0.153 e. The Labute approximate surface area is 168 Å². The fourth-order valence-corrected chi connectivity index (χ4v) is 3.49. The van der Waals surface area contributed by atoms with Crippen molar-refractivity contribution >= 4 is 29.4 Å². The fraction of sp³-hybridized carbons (Fsp3) is 0.182. The van der Waals surface area contributed by atoms with Crippen LogP contribution in [0.2, 0.25) is 5.02 Å². The summed E-state index contributed by atoms with van der Waals surface area (Å²) in [6.45, 7) is 2.73. The van der Waals surface area contributed by atoms with Crippen molar-refractivity contribution in [1.29, 1.82) is 0 Å². The first-order valence-corrected chi connectivity index (χ1v) is 9.50. The van der Waals surface area contributed by atoms with Crippen LogP contribution in [0.25, 0.3) is 0 Å². The minimum atomic E-state index is 0.605. The molecule has 4 rings (SSSR count). The van der Waals surface area contributed by atoms with E-state index in [4.69, 9.17) is 16.3 Å². The molecule has 0 atom stereocenters. The first kappa shape index (κ1) is 18.3. The minimum absolute atomic E-state index is 0.605. The van der Waals surface area contributed by atoms with E-state index in [9.17, 15) is 4.79 Å². The number of hydrogen-bond acceptors (Lipinski definition) is 5. The second kappa shape index (κ2) is 8.31. The zero-order valence-electron chi connectivity index (χ0n) is 15.3. The number of hydrogen-bond donors (Lipinski definition) is 1. The van der Waals surface area contributed by atoms with Gasteiger partial charge in [0.25, 0.3) is 0 Å². The Morgan fingerprint density at radius 1 is 1.14 bits per heavy atom. The van der Waals surface area contributed by atoms with Crippen LogP contribution in [0.1, 0.15) is 21.5 Å². The zero-order chi connectivity index (χ0) is 19.3. The summed E-state index contributed by atoms with van der Waals surface area (Å²) in [6.07, 6.45) is 2.59. The van der Waals surface area contributed by atoms with E-state index in [1.165, 1.54) is 0 Å². The number of pyridine rings is 1. The van der Waals surface area contributed by atoms with Crippen LogP contribution in [0.3, 0.4) is 0 Å². The summed E-state index contributed by atoms with van der Waals surface area (Å²) in [5, 5.41) is 4.14. The van der Waals surface area contributed by atoms with Crippen molar-refractivity contribution in [2.75, 3.05) is 23.4 Å². The van der Waals surface area contributed by atoms with E-state index < -0.39 is 0 Å². The molecule has 0 saturated carbocycles. The van der Waals surface area contributed by atoms with E-state index >= 15 is 0 Å². The number of benzene rings is 2. The normalized spacial score (nSPS) is 12.8. The Kier molecular flexibility index (Phi) is 5.44. The summed E-state index contributed by atoms with van der Waals surface area (Å²) in [5.41, 5.74) is 3.83. The highest BCUT2D eigenvalue weighted by Crippen LogP contribution is 2.38. The SMILES string of the molecule is O=Cc1ccc(CNc2nccc3c2N(Cc2cccc(Cl)c2)CCO3)cc1. The molecule has 3 aromatic rings. The number of halogens is 1. The Morgan fingerprint density at radius 3 is 2.79 bits per heavy atom. The van der Waals surface area contributed by atoms with Gasteiger partial charge in [-0.25, -0.2) is 4.98 Å². The molecule has 5 nitrogen and oxygen atoms in total. The Balaban J connectivity index is 1.56. The summed E-state index contributed by atoms with van der Waals surface area (Å²) in [4.78, 5) is 17.6. The summed E-state index contributed by atoms with van der Waals surface area (Å²) < 4.78 is 5.85. The number of nitrogens with zero attached hydrogens (tertiary/aromatic N) is 2. The summed E-state index contributed by atoms with van der Waals surface area (Å²) >= 11 is 6.14. The van der Waals surface area contributed by atoms with Crippen molar-refractivity contribution in [3.05, 3.63) is 82.5 Å². The van der Waals surface area contributed by atoms with Crippen molar-refractivity contribution in [2.45, 2.75) is 13.1 Å². The third-order valence-corrected chi connectivity index (χ3v) is 4.90. The van der Waals surface area contributed by atoms with Gasteiger partial charge in [0.2, 0.25) is 0 Å². The van der Waals surface area contributed by atoms with Gasteiger partial charge >= 0.3 is 0 Å². The van der Waals surface area contributed by atoms with E-state index in [1.807, 2.05) is 48.5 Å². The third-order valence-electron chi connectivity index (χ3n) is 4.66. The maximum atomic E-state index is 10.8. The molecule has 0 saturated heterocycles. The quantitative estimate of drug-likeness (QED) is 0.622. The monoisotopic (exact) mass is 393 g/mol.